The van der Waals surface area contributed by atoms with Gasteiger partial charge in [0.05, 0.1) is 36.2 Å². The number of nitrogens with zero attached hydrogens (tertiary/aromatic N) is 3. The summed E-state index contributed by atoms with van der Waals surface area (Å²) in [5, 5.41) is 7.16. The molecule has 164 valence electrons. The third kappa shape index (κ3) is 4.87. The van der Waals surface area contributed by atoms with Crippen LogP contribution in [0.15, 0.2) is 48.8 Å². The van der Waals surface area contributed by atoms with Gasteiger partial charge >= 0.3 is 6.18 Å². The number of hydrogen-bond acceptors (Lipinski definition) is 4. The van der Waals surface area contributed by atoms with Crippen molar-refractivity contribution < 1.29 is 22.7 Å². The number of alkyl halides is 3. The Kier molecular flexibility index (Phi) is 6.33. The van der Waals surface area contributed by atoms with Gasteiger partial charge in [-0.3, -0.25) is 4.79 Å². The number of benzene rings is 1. The van der Waals surface area contributed by atoms with Crippen molar-refractivity contribution >= 4 is 5.91 Å². The summed E-state index contributed by atoms with van der Waals surface area (Å²) in [5.41, 5.74) is 0.875. The summed E-state index contributed by atoms with van der Waals surface area (Å²) in [4.78, 5) is 16.8. The second kappa shape index (κ2) is 8.79. The molecule has 0 saturated carbocycles. The number of carbonyl (C=O) groups is 1. The average molecular weight is 432 g/mol. The lowest BCUT2D eigenvalue weighted by atomic mass is 9.95. The van der Waals surface area contributed by atoms with Crippen LogP contribution in [0.3, 0.4) is 0 Å². The first-order chi connectivity index (χ1) is 14.6. The molecule has 3 aromatic rings. The number of nitrogens with one attached hydrogen (secondary N) is 1. The van der Waals surface area contributed by atoms with Gasteiger partial charge in [-0.2, -0.15) is 18.3 Å². The molecule has 1 unspecified atom stereocenters. The number of halogens is 3. The van der Waals surface area contributed by atoms with E-state index in [-0.39, 0.29) is 23.7 Å². The first kappa shape index (κ1) is 22.3. The summed E-state index contributed by atoms with van der Waals surface area (Å²) in [7, 11) is 1.59. The fourth-order valence-corrected chi connectivity index (χ4v) is 3.21. The highest BCUT2D eigenvalue weighted by atomic mass is 19.4. The molecule has 1 atom stereocenters. The zero-order valence-electron chi connectivity index (χ0n) is 17.6. The van der Waals surface area contributed by atoms with Crippen molar-refractivity contribution in [2.24, 2.45) is 5.92 Å². The Bertz CT molecular complexity index is 1040. The van der Waals surface area contributed by atoms with Gasteiger partial charge in [-0.25, -0.2) is 9.67 Å². The second-order valence-corrected chi connectivity index (χ2v) is 7.43. The van der Waals surface area contributed by atoms with Crippen molar-refractivity contribution in [1.29, 1.82) is 0 Å². The average Bonchev–Trinajstić information content (AvgIpc) is 3.12. The monoisotopic (exact) mass is 432 g/mol. The minimum Gasteiger partial charge on any atom is -0.497 e. The second-order valence-electron chi connectivity index (χ2n) is 7.43. The maximum atomic E-state index is 12.9. The van der Waals surface area contributed by atoms with E-state index in [1.807, 2.05) is 38.1 Å². The molecule has 6 nitrogen and oxygen atoms in total. The molecule has 31 heavy (non-hydrogen) atoms. The van der Waals surface area contributed by atoms with Crippen molar-refractivity contribution in [2.45, 2.75) is 33.0 Å². The number of rotatable bonds is 6. The first-order valence-electron chi connectivity index (χ1n) is 9.65. The van der Waals surface area contributed by atoms with E-state index >= 15 is 0 Å². The summed E-state index contributed by atoms with van der Waals surface area (Å²) in [6, 6.07) is 9.36. The number of pyridine rings is 1. The summed E-state index contributed by atoms with van der Waals surface area (Å²) in [5.74, 6) is 0.702. The Hall–Kier alpha value is -3.36. The highest BCUT2D eigenvalue weighted by molar-refractivity contribution is 5.95. The van der Waals surface area contributed by atoms with Crippen LogP contribution in [-0.2, 0) is 6.18 Å². The van der Waals surface area contributed by atoms with Crippen molar-refractivity contribution in [1.82, 2.24) is 20.1 Å². The zero-order chi connectivity index (χ0) is 22.8. The number of hydrogen-bond donors (Lipinski definition) is 1. The van der Waals surface area contributed by atoms with Crippen LogP contribution in [0.25, 0.3) is 5.82 Å². The molecular formula is C22H23F3N4O2. The molecule has 0 fully saturated rings. The van der Waals surface area contributed by atoms with E-state index in [0.29, 0.717) is 11.3 Å². The molecule has 0 bridgehead atoms. The molecule has 2 heterocycles. The van der Waals surface area contributed by atoms with Crippen molar-refractivity contribution in [3.8, 4) is 11.6 Å². The van der Waals surface area contributed by atoms with Crippen LogP contribution in [0.2, 0.25) is 0 Å². The molecule has 0 spiro atoms. The van der Waals surface area contributed by atoms with Gasteiger partial charge in [-0.05, 0) is 42.7 Å². The Morgan fingerprint density at radius 2 is 1.77 bits per heavy atom. The van der Waals surface area contributed by atoms with Gasteiger partial charge in [0.25, 0.3) is 5.91 Å². The molecule has 9 heteroatoms. The lowest BCUT2D eigenvalue weighted by molar-refractivity contribution is -0.137. The molecule has 2 aromatic heterocycles. The molecule has 3 rings (SSSR count). The summed E-state index contributed by atoms with van der Waals surface area (Å²) in [6.45, 7) is 5.66. The highest BCUT2D eigenvalue weighted by Crippen LogP contribution is 2.29. The molecule has 1 aromatic carbocycles. The van der Waals surface area contributed by atoms with Gasteiger partial charge in [0, 0.05) is 6.20 Å². The van der Waals surface area contributed by atoms with Gasteiger partial charge in [0.15, 0.2) is 5.82 Å². The van der Waals surface area contributed by atoms with E-state index < -0.39 is 11.7 Å². The van der Waals surface area contributed by atoms with Gasteiger partial charge in [-0.15, -0.1) is 0 Å². The molecule has 0 aliphatic carbocycles. The minimum absolute atomic E-state index is 0.115. The highest BCUT2D eigenvalue weighted by Gasteiger charge is 2.31. The largest absolute Gasteiger partial charge is 0.497 e. The standard InChI is InChI=1S/C22H23F3N4O2/c1-13(2)20(15-5-8-17(31-4)9-6-15)28-21(30)18-12-27-29(14(18)3)19-10-7-16(11-26-19)22(23,24)25/h5-13,20H,1-4H3,(H,28,30). The lowest BCUT2D eigenvalue weighted by Gasteiger charge is -2.23. The zero-order valence-corrected chi connectivity index (χ0v) is 17.6. The molecule has 1 amide bonds. The number of amides is 1. The normalized spacial score (nSPS) is 12.6. The number of ether oxygens (including phenoxy) is 1. The summed E-state index contributed by atoms with van der Waals surface area (Å²) >= 11 is 0. The maximum absolute atomic E-state index is 12.9. The first-order valence-corrected chi connectivity index (χ1v) is 9.65. The molecule has 0 saturated heterocycles. The van der Waals surface area contributed by atoms with Gasteiger partial charge in [0.1, 0.15) is 5.75 Å². The van der Waals surface area contributed by atoms with Crippen molar-refractivity contribution in [3.05, 3.63) is 71.2 Å². The summed E-state index contributed by atoms with van der Waals surface area (Å²) < 4.78 is 44.8. The van der Waals surface area contributed by atoms with E-state index in [1.54, 1.807) is 14.0 Å². The van der Waals surface area contributed by atoms with Crippen LogP contribution in [0.4, 0.5) is 13.2 Å². The lowest BCUT2D eigenvalue weighted by Crippen LogP contribution is -2.32. The van der Waals surface area contributed by atoms with E-state index in [1.165, 1.54) is 16.9 Å². The van der Waals surface area contributed by atoms with E-state index in [9.17, 15) is 18.0 Å². The van der Waals surface area contributed by atoms with Crippen LogP contribution in [0.5, 0.6) is 5.75 Å². The minimum atomic E-state index is -4.47. The Labute approximate surface area is 178 Å². The number of methoxy groups -OCH3 is 1. The molecular weight excluding hydrogens is 409 g/mol. The fraction of sp³-hybridized carbons (Fsp3) is 0.318. The third-order valence-corrected chi connectivity index (χ3v) is 4.97. The Morgan fingerprint density at radius 3 is 2.29 bits per heavy atom. The van der Waals surface area contributed by atoms with E-state index in [0.717, 1.165) is 23.6 Å². The third-order valence-electron chi connectivity index (χ3n) is 4.97. The smallest absolute Gasteiger partial charge is 0.417 e. The van der Waals surface area contributed by atoms with Crippen LogP contribution in [0, 0.1) is 12.8 Å². The predicted octanol–water partition coefficient (Wildman–Crippen LogP) is 4.73. The quantitative estimate of drug-likeness (QED) is 0.612. The fourth-order valence-electron chi connectivity index (χ4n) is 3.21. The molecule has 0 aliphatic heterocycles. The Morgan fingerprint density at radius 1 is 1.10 bits per heavy atom. The molecule has 0 aliphatic rings. The SMILES string of the molecule is COc1ccc(C(NC(=O)c2cnn(-c3ccc(C(F)(F)F)cn3)c2C)C(C)C)cc1. The topological polar surface area (TPSA) is 69.0 Å². The molecule has 1 N–H and O–H groups in total. The van der Waals surface area contributed by atoms with Crippen LogP contribution >= 0.6 is 0 Å². The van der Waals surface area contributed by atoms with Crippen molar-refractivity contribution in [3.63, 3.8) is 0 Å². The molecule has 0 radical (unpaired) electrons. The van der Waals surface area contributed by atoms with Crippen molar-refractivity contribution in [2.75, 3.05) is 7.11 Å². The number of carbonyl (C=O) groups excluding carboxylic acids is 1. The van der Waals surface area contributed by atoms with Gasteiger partial charge < -0.3 is 10.1 Å². The summed E-state index contributed by atoms with van der Waals surface area (Å²) in [6.07, 6.45) is -2.34. The van der Waals surface area contributed by atoms with Crippen LogP contribution < -0.4 is 10.1 Å². The van der Waals surface area contributed by atoms with E-state index in [4.69, 9.17) is 4.74 Å². The van der Waals surface area contributed by atoms with E-state index in [2.05, 4.69) is 15.4 Å². The van der Waals surface area contributed by atoms with Crippen LogP contribution in [-0.4, -0.2) is 27.8 Å². The maximum Gasteiger partial charge on any atom is 0.417 e. The van der Waals surface area contributed by atoms with Crippen LogP contribution in [0.1, 0.15) is 47.1 Å². The van der Waals surface area contributed by atoms with Gasteiger partial charge in [0.2, 0.25) is 0 Å². The Balaban J connectivity index is 1.82. The predicted molar refractivity (Wildman–Crippen MR) is 109 cm³/mol. The number of aromatic nitrogens is 3. The van der Waals surface area contributed by atoms with Gasteiger partial charge in [-0.1, -0.05) is 26.0 Å².